The molecule has 0 spiro atoms. The number of carbonyl (C=O) groups is 1. The molecule has 0 radical (unpaired) electrons. The minimum Gasteiger partial charge on any atom is -0.466 e. The maximum atomic E-state index is 15.1. The Morgan fingerprint density at radius 2 is 1.54 bits per heavy atom. The van der Waals surface area contributed by atoms with Gasteiger partial charge in [0, 0.05) is 17.5 Å². The van der Waals surface area contributed by atoms with E-state index in [1.807, 2.05) is 0 Å². The van der Waals surface area contributed by atoms with Gasteiger partial charge in [0.25, 0.3) is 0 Å². The van der Waals surface area contributed by atoms with Gasteiger partial charge in [0.2, 0.25) is 0 Å². The van der Waals surface area contributed by atoms with Crippen LogP contribution >= 0.6 is 0 Å². The van der Waals surface area contributed by atoms with Crippen LogP contribution in [0.15, 0.2) is 18.2 Å². The van der Waals surface area contributed by atoms with Gasteiger partial charge in [-0.15, -0.1) is 0 Å². The van der Waals surface area contributed by atoms with E-state index < -0.39 is 29.3 Å². The zero-order valence-electron chi connectivity index (χ0n) is 16.1. The molecular formula is C21H21F5O2. The predicted octanol–water partition coefficient (Wildman–Crippen LogP) is 6.07. The van der Waals surface area contributed by atoms with Crippen LogP contribution < -0.4 is 0 Å². The van der Waals surface area contributed by atoms with Crippen LogP contribution in [0.2, 0.25) is 0 Å². The summed E-state index contributed by atoms with van der Waals surface area (Å²) in [5.41, 5.74) is -0.196. The van der Waals surface area contributed by atoms with Crippen LogP contribution in [0.5, 0.6) is 0 Å². The molecule has 0 aliphatic carbocycles. The van der Waals surface area contributed by atoms with Crippen molar-refractivity contribution in [3.8, 4) is 11.1 Å². The number of ether oxygens (including phenoxy) is 1. The molecule has 0 fully saturated rings. The van der Waals surface area contributed by atoms with Crippen LogP contribution in [0.4, 0.5) is 22.0 Å². The lowest BCUT2D eigenvalue weighted by Gasteiger charge is -2.18. The van der Waals surface area contributed by atoms with E-state index in [0.717, 1.165) is 12.1 Å². The first-order chi connectivity index (χ1) is 13.0. The molecule has 0 saturated heterocycles. The maximum Gasteiger partial charge on any atom is 0.416 e. The highest BCUT2D eigenvalue weighted by atomic mass is 19.4. The van der Waals surface area contributed by atoms with E-state index in [4.69, 9.17) is 4.74 Å². The van der Waals surface area contributed by atoms with Gasteiger partial charge >= 0.3 is 12.1 Å². The summed E-state index contributed by atoms with van der Waals surface area (Å²) in [6.45, 7) is 6.13. The van der Waals surface area contributed by atoms with E-state index in [1.54, 1.807) is 6.92 Å². The van der Waals surface area contributed by atoms with E-state index in [9.17, 15) is 22.4 Å². The predicted molar refractivity (Wildman–Crippen MR) is 96.0 cm³/mol. The number of benzene rings is 2. The maximum absolute atomic E-state index is 15.1. The molecule has 0 bridgehead atoms. The monoisotopic (exact) mass is 400 g/mol. The van der Waals surface area contributed by atoms with Crippen LogP contribution in [-0.4, -0.2) is 12.6 Å². The van der Waals surface area contributed by atoms with Crippen molar-refractivity contribution >= 4 is 5.97 Å². The first-order valence-corrected chi connectivity index (χ1v) is 8.79. The molecule has 0 aliphatic rings. The number of alkyl halides is 3. The third-order valence-electron chi connectivity index (χ3n) is 4.49. The molecule has 0 N–H and O–H groups in total. The molecule has 2 rings (SSSR count). The quantitative estimate of drug-likeness (QED) is 0.450. The fourth-order valence-electron chi connectivity index (χ4n) is 3.25. The van der Waals surface area contributed by atoms with Gasteiger partial charge in [-0.25, -0.2) is 8.78 Å². The van der Waals surface area contributed by atoms with Crippen molar-refractivity contribution < 1.29 is 31.5 Å². The van der Waals surface area contributed by atoms with Crippen LogP contribution in [0.3, 0.4) is 0 Å². The number of rotatable bonds is 5. The van der Waals surface area contributed by atoms with Crippen molar-refractivity contribution in [2.45, 2.75) is 46.7 Å². The van der Waals surface area contributed by atoms with Gasteiger partial charge in [-0.1, -0.05) is 0 Å². The standard InChI is InChI=1S/C21H21F5O2/c1-5-28-17(27)7-6-15-19(22)13(4)10-16(20(15)23)18-11(2)8-14(9-12(18)3)21(24,25)26/h8-10H,5-7H2,1-4H3. The first kappa shape index (κ1) is 21.9. The lowest BCUT2D eigenvalue weighted by atomic mass is 9.90. The van der Waals surface area contributed by atoms with E-state index in [2.05, 4.69) is 0 Å². The Morgan fingerprint density at radius 3 is 2.04 bits per heavy atom. The summed E-state index contributed by atoms with van der Waals surface area (Å²) in [7, 11) is 0. The Kier molecular flexibility index (Phi) is 6.47. The summed E-state index contributed by atoms with van der Waals surface area (Å²) in [4.78, 5) is 11.5. The summed E-state index contributed by atoms with van der Waals surface area (Å²) >= 11 is 0. The van der Waals surface area contributed by atoms with E-state index in [-0.39, 0.29) is 52.8 Å². The lowest BCUT2D eigenvalue weighted by molar-refractivity contribution is -0.143. The van der Waals surface area contributed by atoms with Gasteiger partial charge in [-0.3, -0.25) is 4.79 Å². The fourth-order valence-corrected chi connectivity index (χ4v) is 3.25. The van der Waals surface area contributed by atoms with E-state index >= 15 is 4.39 Å². The Balaban J connectivity index is 2.57. The molecule has 0 unspecified atom stereocenters. The number of esters is 1. The summed E-state index contributed by atoms with van der Waals surface area (Å²) in [6, 6.07) is 3.17. The van der Waals surface area contributed by atoms with Crippen molar-refractivity contribution in [2.75, 3.05) is 6.61 Å². The third-order valence-corrected chi connectivity index (χ3v) is 4.49. The zero-order chi connectivity index (χ0) is 21.2. The highest BCUT2D eigenvalue weighted by molar-refractivity contribution is 5.74. The van der Waals surface area contributed by atoms with Gasteiger partial charge in [-0.05, 0) is 74.6 Å². The highest BCUT2D eigenvalue weighted by Gasteiger charge is 2.32. The molecule has 7 heteroatoms. The van der Waals surface area contributed by atoms with Gasteiger partial charge in [0.1, 0.15) is 11.6 Å². The summed E-state index contributed by atoms with van der Waals surface area (Å²) in [6.07, 6.45) is -4.92. The molecule has 152 valence electrons. The van der Waals surface area contributed by atoms with Crippen molar-refractivity contribution in [1.82, 2.24) is 0 Å². The molecule has 2 aromatic carbocycles. The Hall–Kier alpha value is -2.44. The molecule has 0 saturated carbocycles. The van der Waals surface area contributed by atoms with Crippen LogP contribution in [-0.2, 0) is 22.1 Å². The van der Waals surface area contributed by atoms with Crippen LogP contribution in [0.1, 0.15) is 41.2 Å². The molecular weight excluding hydrogens is 379 g/mol. The highest BCUT2D eigenvalue weighted by Crippen LogP contribution is 2.38. The number of halogens is 5. The second-order valence-electron chi connectivity index (χ2n) is 6.64. The smallest absolute Gasteiger partial charge is 0.416 e. The second kappa shape index (κ2) is 8.29. The molecule has 28 heavy (non-hydrogen) atoms. The topological polar surface area (TPSA) is 26.3 Å². The minimum absolute atomic E-state index is 0.0153. The van der Waals surface area contributed by atoms with Gasteiger partial charge in [0.15, 0.2) is 0 Å². The summed E-state index contributed by atoms with van der Waals surface area (Å²) < 4.78 is 73.4. The Morgan fingerprint density at radius 1 is 0.964 bits per heavy atom. The van der Waals surface area contributed by atoms with Gasteiger partial charge in [-0.2, -0.15) is 13.2 Å². The van der Waals surface area contributed by atoms with Crippen molar-refractivity contribution in [3.05, 3.63) is 57.7 Å². The molecule has 0 heterocycles. The fraction of sp³-hybridized carbons (Fsp3) is 0.381. The third kappa shape index (κ3) is 4.51. The lowest BCUT2D eigenvalue weighted by Crippen LogP contribution is -2.10. The minimum atomic E-state index is -4.52. The number of hydrogen-bond donors (Lipinski definition) is 0. The number of aryl methyl sites for hydroxylation is 3. The molecule has 2 nitrogen and oxygen atoms in total. The molecule has 0 amide bonds. The first-order valence-electron chi connectivity index (χ1n) is 8.79. The van der Waals surface area contributed by atoms with Crippen LogP contribution in [0, 0.1) is 32.4 Å². The summed E-state index contributed by atoms with van der Waals surface area (Å²) in [5.74, 6) is -2.22. The SMILES string of the molecule is CCOC(=O)CCc1c(F)c(C)cc(-c2c(C)cc(C(F)(F)F)cc2C)c1F. The Bertz CT molecular complexity index is 878. The molecule has 2 aromatic rings. The molecule has 0 atom stereocenters. The second-order valence-corrected chi connectivity index (χ2v) is 6.64. The van der Waals surface area contributed by atoms with Gasteiger partial charge in [0.05, 0.1) is 12.2 Å². The number of hydrogen-bond acceptors (Lipinski definition) is 2. The Labute approximate surface area is 160 Å². The molecule has 0 aliphatic heterocycles. The summed E-state index contributed by atoms with van der Waals surface area (Å²) in [5, 5.41) is 0. The largest absolute Gasteiger partial charge is 0.466 e. The zero-order valence-corrected chi connectivity index (χ0v) is 16.1. The number of carbonyl (C=O) groups excluding carboxylic acids is 1. The van der Waals surface area contributed by atoms with Crippen molar-refractivity contribution in [2.24, 2.45) is 0 Å². The molecule has 0 aromatic heterocycles. The average Bonchev–Trinajstić information content (AvgIpc) is 2.58. The van der Waals surface area contributed by atoms with E-state index in [1.165, 1.54) is 26.8 Å². The van der Waals surface area contributed by atoms with Crippen LogP contribution in [0.25, 0.3) is 11.1 Å². The van der Waals surface area contributed by atoms with Crippen molar-refractivity contribution in [1.29, 1.82) is 0 Å². The normalized spacial score (nSPS) is 11.6. The average molecular weight is 400 g/mol. The van der Waals surface area contributed by atoms with E-state index in [0.29, 0.717) is 0 Å². The van der Waals surface area contributed by atoms with Gasteiger partial charge < -0.3 is 4.74 Å². The van der Waals surface area contributed by atoms with Crippen molar-refractivity contribution in [3.63, 3.8) is 0 Å².